The van der Waals surface area contributed by atoms with E-state index in [0.717, 1.165) is 0 Å². The Balaban J connectivity index is 2.37. The Bertz CT molecular complexity index is 406. The third-order valence-corrected chi connectivity index (χ3v) is 2.65. The lowest BCUT2D eigenvalue weighted by Crippen LogP contribution is -2.23. The molecule has 4 N–H and O–H groups in total. The predicted molar refractivity (Wildman–Crippen MR) is 61.1 cm³/mol. The molecule has 0 aliphatic carbocycles. The third kappa shape index (κ3) is 4.41. The lowest BCUT2D eigenvalue weighted by Gasteiger charge is -2.00. The topological polar surface area (TPSA) is 127 Å². The van der Waals surface area contributed by atoms with Crippen LogP contribution < -0.4 is 11.1 Å². The summed E-state index contributed by atoms with van der Waals surface area (Å²) >= 11 is 1.34. The van der Waals surface area contributed by atoms with E-state index in [1.807, 2.05) is 0 Å². The van der Waals surface area contributed by atoms with Gasteiger partial charge in [-0.1, -0.05) is 16.9 Å². The summed E-state index contributed by atoms with van der Waals surface area (Å²) in [5.74, 6) is 0.591. The van der Waals surface area contributed by atoms with Crippen LogP contribution in [0.5, 0.6) is 0 Å². The fraction of sp³-hybridized carbons (Fsp3) is 0.500. The summed E-state index contributed by atoms with van der Waals surface area (Å²) in [7, 11) is 0. The maximum Gasteiger partial charge on any atom is 0.195 e. The largest absolute Gasteiger partial charge is 0.409 e. The molecule has 0 amide bonds. The molecule has 1 heterocycles. The zero-order chi connectivity index (χ0) is 12.7. The van der Waals surface area contributed by atoms with Gasteiger partial charge in [0.1, 0.15) is 5.78 Å². The van der Waals surface area contributed by atoms with Crippen LogP contribution in [0.25, 0.3) is 0 Å². The lowest BCUT2D eigenvalue weighted by atomic mass is 10.4. The van der Waals surface area contributed by atoms with Crippen LogP contribution in [0, 0.1) is 0 Å². The molecule has 94 valence electrons. The first-order valence-corrected chi connectivity index (χ1v) is 5.77. The number of oxime groups is 1. The fourth-order valence-electron chi connectivity index (χ4n) is 0.963. The van der Waals surface area contributed by atoms with E-state index in [0.29, 0.717) is 23.9 Å². The van der Waals surface area contributed by atoms with Gasteiger partial charge in [-0.25, -0.2) is 4.63 Å². The summed E-state index contributed by atoms with van der Waals surface area (Å²) in [6.45, 7) is 2.48. The molecule has 8 nitrogen and oxygen atoms in total. The van der Waals surface area contributed by atoms with Crippen molar-refractivity contribution >= 4 is 23.4 Å². The number of nitrogens with two attached hydrogens (primary N) is 1. The minimum Gasteiger partial charge on any atom is -0.409 e. The van der Waals surface area contributed by atoms with Gasteiger partial charge in [0.15, 0.2) is 16.6 Å². The van der Waals surface area contributed by atoms with Crippen molar-refractivity contribution in [3.63, 3.8) is 0 Å². The van der Waals surface area contributed by atoms with Gasteiger partial charge in [0, 0.05) is 12.3 Å². The lowest BCUT2D eigenvalue weighted by molar-refractivity contribution is -0.116. The highest BCUT2D eigenvalue weighted by molar-refractivity contribution is 7.99. The second-order valence-corrected chi connectivity index (χ2v) is 4.21. The average Bonchev–Trinajstić information content (AvgIpc) is 2.75. The van der Waals surface area contributed by atoms with Gasteiger partial charge in [0.25, 0.3) is 0 Å². The van der Waals surface area contributed by atoms with Crippen molar-refractivity contribution in [1.29, 1.82) is 0 Å². The molecule has 0 saturated carbocycles. The molecule has 1 rings (SSSR count). The number of hydrogen-bond acceptors (Lipinski definition) is 8. The van der Waals surface area contributed by atoms with Gasteiger partial charge >= 0.3 is 0 Å². The van der Waals surface area contributed by atoms with Crippen LogP contribution in [0.1, 0.15) is 12.6 Å². The molecular weight excluding hydrogens is 246 g/mol. The normalized spacial score (nSPS) is 11.7. The van der Waals surface area contributed by atoms with Crippen LogP contribution in [0.3, 0.4) is 0 Å². The van der Waals surface area contributed by atoms with Crippen molar-refractivity contribution in [1.82, 2.24) is 15.6 Å². The van der Waals surface area contributed by atoms with Crippen LogP contribution in [-0.4, -0.2) is 46.0 Å². The maximum atomic E-state index is 10.7. The van der Waals surface area contributed by atoms with Crippen LogP contribution in [0.15, 0.2) is 14.8 Å². The van der Waals surface area contributed by atoms with E-state index in [2.05, 4.69) is 25.4 Å². The molecule has 17 heavy (non-hydrogen) atoms. The van der Waals surface area contributed by atoms with Gasteiger partial charge in [-0.05, 0) is 17.2 Å². The Labute approximate surface area is 102 Å². The number of hydrogen-bond donors (Lipinski definition) is 3. The van der Waals surface area contributed by atoms with Crippen molar-refractivity contribution in [2.24, 2.45) is 10.9 Å². The van der Waals surface area contributed by atoms with Crippen LogP contribution in [-0.2, 0) is 4.79 Å². The van der Waals surface area contributed by atoms with Crippen LogP contribution in [0.2, 0.25) is 0 Å². The van der Waals surface area contributed by atoms with Gasteiger partial charge in [0.2, 0.25) is 0 Å². The maximum absolute atomic E-state index is 10.7. The minimum atomic E-state index is -0.148. The predicted octanol–water partition coefficient (Wildman–Crippen LogP) is -0.565. The molecule has 9 heteroatoms. The van der Waals surface area contributed by atoms with Gasteiger partial charge < -0.3 is 16.3 Å². The van der Waals surface area contributed by atoms with Gasteiger partial charge in [-0.15, -0.1) is 0 Å². The number of aromatic nitrogens is 2. The standard InChI is InChI=1S/C8H13N5O3S/c1-5(14)4-10-2-3-17-8-6(7(9)11-15)12-16-13-8/h10,15H,2-4H2,1H3,(H2,9,11). The van der Waals surface area contributed by atoms with E-state index in [-0.39, 0.29) is 17.3 Å². The number of thioether (sulfide) groups is 1. The van der Waals surface area contributed by atoms with E-state index >= 15 is 0 Å². The molecule has 0 radical (unpaired) electrons. The van der Waals surface area contributed by atoms with E-state index in [4.69, 9.17) is 10.9 Å². The number of Topliss-reactive ketones (excluding diaryl/α,β-unsaturated/α-hetero) is 1. The Morgan fingerprint density at radius 3 is 3.06 bits per heavy atom. The summed E-state index contributed by atoms with van der Waals surface area (Å²) in [6, 6.07) is 0. The Morgan fingerprint density at radius 2 is 2.41 bits per heavy atom. The molecule has 0 aliphatic rings. The summed E-state index contributed by atoms with van der Waals surface area (Å²) in [5, 5.41) is 21.9. The number of nitrogens with zero attached hydrogens (tertiary/aromatic N) is 3. The third-order valence-electron chi connectivity index (χ3n) is 1.70. The second-order valence-electron chi connectivity index (χ2n) is 3.13. The molecule has 0 bridgehead atoms. The zero-order valence-corrected chi connectivity index (χ0v) is 10.0. The molecule has 0 fully saturated rings. The summed E-state index contributed by atoms with van der Waals surface area (Å²) < 4.78 is 4.50. The molecule has 0 atom stereocenters. The summed E-state index contributed by atoms with van der Waals surface area (Å²) in [5.41, 5.74) is 5.59. The first-order chi connectivity index (χ1) is 8.15. The van der Waals surface area contributed by atoms with Crippen molar-refractivity contribution in [2.75, 3.05) is 18.8 Å². The van der Waals surface area contributed by atoms with E-state index in [1.165, 1.54) is 18.7 Å². The zero-order valence-electron chi connectivity index (χ0n) is 9.21. The quantitative estimate of drug-likeness (QED) is 0.148. The summed E-state index contributed by atoms with van der Waals surface area (Å²) in [6.07, 6.45) is 0. The Hall–Kier alpha value is -1.61. The van der Waals surface area contributed by atoms with E-state index < -0.39 is 0 Å². The molecule has 0 spiro atoms. The molecule has 0 aliphatic heterocycles. The van der Waals surface area contributed by atoms with Crippen molar-refractivity contribution in [3.8, 4) is 0 Å². The summed E-state index contributed by atoms with van der Waals surface area (Å²) in [4.78, 5) is 10.7. The average molecular weight is 259 g/mol. The first kappa shape index (κ1) is 13.5. The van der Waals surface area contributed by atoms with Crippen LogP contribution in [0.4, 0.5) is 0 Å². The fourth-order valence-corrected chi connectivity index (χ4v) is 1.77. The molecule has 1 aromatic heterocycles. The van der Waals surface area contributed by atoms with Gasteiger partial charge in [-0.2, -0.15) is 0 Å². The molecule has 0 saturated heterocycles. The Kier molecular flexibility index (Phi) is 5.43. The number of rotatable bonds is 7. The SMILES string of the molecule is CC(=O)CNCCSc1nonc1/C(N)=N/O. The number of carbonyl (C=O) groups is 1. The molecule has 0 aromatic carbocycles. The Morgan fingerprint density at radius 1 is 1.65 bits per heavy atom. The monoisotopic (exact) mass is 259 g/mol. The van der Waals surface area contributed by atoms with Crippen LogP contribution >= 0.6 is 11.8 Å². The van der Waals surface area contributed by atoms with Gasteiger partial charge in [0.05, 0.1) is 6.54 Å². The number of carbonyl (C=O) groups excluding carboxylic acids is 1. The minimum absolute atomic E-state index is 0.0791. The molecular formula is C8H13N5O3S. The number of amidine groups is 1. The number of ketones is 1. The molecule has 0 unspecified atom stereocenters. The highest BCUT2D eigenvalue weighted by atomic mass is 32.2. The van der Waals surface area contributed by atoms with E-state index in [1.54, 1.807) is 0 Å². The van der Waals surface area contributed by atoms with Crippen molar-refractivity contribution in [2.45, 2.75) is 11.9 Å². The van der Waals surface area contributed by atoms with Crippen molar-refractivity contribution < 1.29 is 14.6 Å². The highest BCUT2D eigenvalue weighted by Gasteiger charge is 2.14. The van der Waals surface area contributed by atoms with Crippen molar-refractivity contribution in [3.05, 3.63) is 5.69 Å². The van der Waals surface area contributed by atoms with Gasteiger partial charge in [-0.3, -0.25) is 4.79 Å². The number of nitrogens with one attached hydrogen (secondary N) is 1. The molecule has 1 aromatic rings. The smallest absolute Gasteiger partial charge is 0.195 e. The second kappa shape index (κ2) is 6.86. The highest BCUT2D eigenvalue weighted by Crippen LogP contribution is 2.17. The first-order valence-electron chi connectivity index (χ1n) is 4.78. The van der Waals surface area contributed by atoms with E-state index in [9.17, 15) is 4.79 Å².